The molecule has 0 spiro atoms. The van der Waals surface area contributed by atoms with Crippen molar-refractivity contribution < 1.29 is 4.79 Å². The molecule has 0 bridgehead atoms. The van der Waals surface area contributed by atoms with Crippen LogP contribution in [-0.2, 0) is 6.42 Å². The van der Waals surface area contributed by atoms with Crippen molar-refractivity contribution in [3.63, 3.8) is 0 Å². The van der Waals surface area contributed by atoms with Crippen LogP contribution in [0.25, 0.3) is 0 Å². The van der Waals surface area contributed by atoms with Crippen LogP contribution in [0, 0.1) is 11.8 Å². The normalized spacial score (nSPS) is 23.3. The van der Waals surface area contributed by atoms with Crippen LogP contribution in [0.5, 0.6) is 0 Å². The zero-order chi connectivity index (χ0) is 16.5. The van der Waals surface area contributed by atoms with E-state index in [-0.39, 0.29) is 5.91 Å². The number of carbonyl (C=O) groups excluding carboxylic acids is 1. The van der Waals surface area contributed by atoms with Crippen molar-refractivity contribution in [3.8, 4) is 0 Å². The van der Waals surface area contributed by atoms with Crippen LogP contribution in [0.1, 0.15) is 40.7 Å². The molecule has 3 atom stereocenters. The monoisotopic (exact) mass is 321 g/mol. The summed E-state index contributed by atoms with van der Waals surface area (Å²) in [4.78, 5) is 16.2. The Kier molecular flexibility index (Phi) is 3.97. The van der Waals surface area contributed by atoms with Crippen molar-refractivity contribution >= 4 is 11.7 Å². The summed E-state index contributed by atoms with van der Waals surface area (Å²) in [5, 5.41) is 6.30. The molecule has 1 aromatic carbocycles. The Bertz CT molecular complexity index is 741. The highest BCUT2D eigenvalue weighted by molar-refractivity contribution is 5.94. The van der Waals surface area contributed by atoms with E-state index < -0.39 is 0 Å². The largest absolute Gasteiger partial charge is 0.370 e. The van der Waals surface area contributed by atoms with E-state index in [4.69, 9.17) is 0 Å². The molecule has 2 N–H and O–H groups in total. The van der Waals surface area contributed by atoms with Gasteiger partial charge in [-0.15, -0.1) is 0 Å². The molecule has 1 aromatic heterocycles. The Morgan fingerprint density at radius 3 is 2.92 bits per heavy atom. The highest BCUT2D eigenvalue weighted by Crippen LogP contribution is 2.61. The van der Waals surface area contributed by atoms with E-state index in [0.29, 0.717) is 18.0 Å². The first-order valence-electron chi connectivity index (χ1n) is 8.84. The minimum atomic E-state index is -0.0516. The molecule has 0 saturated heterocycles. The molecule has 1 saturated carbocycles. The maximum absolute atomic E-state index is 11.9. The van der Waals surface area contributed by atoms with Crippen LogP contribution >= 0.6 is 0 Å². The average molecular weight is 321 g/mol. The molecule has 124 valence electrons. The Morgan fingerprint density at radius 2 is 2.12 bits per heavy atom. The fourth-order valence-electron chi connectivity index (χ4n) is 3.96. The van der Waals surface area contributed by atoms with E-state index in [0.717, 1.165) is 30.6 Å². The van der Waals surface area contributed by atoms with Gasteiger partial charge in [-0.3, -0.25) is 4.79 Å². The van der Waals surface area contributed by atoms with Crippen molar-refractivity contribution in [2.24, 2.45) is 11.8 Å². The third-order valence-electron chi connectivity index (χ3n) is 5.28. The molecule has 4 nitrogen and oxygen atoms in total. The number of aromatic nitrogens is 1. The predicted octanol–water partition coefficient (Wildman–Crippen LogP) is 3.22. The van der Waals surface area contributed by atoms with Gasteiger partial charge >= 0.3 is 0 Å². The molecule has 2 aliphatic carbocycles. The first kappa shape index (κ1) is 15.2. The number of anilines is 1. The highest BCUT2D eigenvalue weighted by atomic mass is 16.1. The van der Waals surface area contributed by atoms with E-state index in [9.17, 15) is 4.79 Å². The fraction of sp³-hybridized carbons (Fsp3) is 0.400. The SMILES string of the molecule is CCCNC(=O)c1ccc(NCC2C3Cc4ccccc4C23)nc1. The maximum Gasteiger partial charge on any atom is 0.252 e. The van der Waals surface area contributed by atoms with Crippen molar-refractivity contribution in [2.45, 2.75) is 25.7 Å². The standard InChI is InChI=1S/C20H23N3O/c1-2-9-21-20(24)14-7-8-18(22-11-14)23-12-17-16-10-13-5-3-4-6-15(13)19(16)17/h3-8,11,16-17,19H,2,9-10,12H2,1H3,(H,21,24)(H,22,23). The highest BCUT2D eigenvalue weighted by Gasteiger charge is 2.54. The molecule has 1 fully saturated rings. The summed E-state index contributed by atoms with van der Waals surface area (Å²) in [5.74, 6) is 3.04. The summed E-state index contributed by atoms with van der Waals surface area (Å²) in [6, 6.07) is 12.6. The van der Waals surface area contributed by atoms with Gasteiger partial charge < -0.3 is 10.6 Å². The molecule has 0 radical (unpaired) electrons. The number of pyridine rings is 1. The van der Waals surface area contributed by atoms with E-state index in [1.54, 1.807) is 11.8 Å². The Balaban J connectivity index is 1.31. The van der Waals surface area contributed by atoms with E-state index in [1.165, 1.54) is 12.0 Å². The summed E-state index contributed by atoms with van der Waals surface area (Å²) in [7, 11) is 0. The van der Waals surface area contributed by atoms with Crippen LogP contribution in [0.4, 0.5) is 5.82 Å². The van der Waals surface area contributed by atoms with Gasteiger partial charge in [0, 0.05) is 19.3 Å². The van der Waals surface area contributed by atoms with Gasteiger partial charge in [-0.2, -0.15) is 0 Å². The second kappa shape index (κ2) is 6.27. The van der Waals surface area contributed by atoms with Gasteiger partial charge in [-0.05, 0) is 53.9 Å². The summed E-state index contributed by atoms with van der Waals surface area (Å²) in [6.45, 7) is 3.69. The molecule has 2 aromatic rings. The fourth-order valence-corrected chi connectivity index (χ4v) is 3.96. The van der Waals surface area contributed by atoms with E-state index in [1.807, 2.05) is 19.1 Å². The zero-order valence-electron chi connectivity index (χ0n) is 14.0. The second-order valence-electron chi connectivity index (χ2n) is 6.83. The first-order chi connectivity index (χ1) is 11.8. The average Bonchev–Trinajstić information content (AvgIpc) is 3.16. The van der Waals surface area contributed by atoms with Crippen LogP contribution in [-0.4, -0.2) is 24.0 Å². The molecule has 1 heterocycles. The third kappa shape index (κ3) is 2.77. The van der Waals surface area contributed by atoms with Gasteiger partial charge in [0.2, 0.25) is 0 Å². The van der Waals surface area contributed by atoms with Gasteiger partial charge in [-0.25, -0.2) is 4.98 Å². The minimum Gasteiger partial charge on any atom is -0.370 e. The molecular weight excluding hydrogens is 298 g/mol. The summed E-state index contributed by atoms with van der Waals surface area (Å²) < 4.78 is 0. The van der Waals surface area contributed by atoms with Crippen molar-refractivity contribution in [1.29, 1.82) is 0 Å². The number of amides is 1. The summed E-state index contributed by atoms with van der Waals surface area (Å²) in [6.07, 6.45) is 3.80. The Hall–Kier alpha value is -2.36. The van der Waals surface area contributed by atoms with Crippen molar-refractivity contribution in [1.82, 2.24) is 10.3 Å². The number of hydrogen-bond donors (Lipinski definition) is 2. The molecule has 4 rings (SSSR count). The lowest BCUT2D eigenvalue weighted by atomic mass is 10.0. The van der Waals surface area contributed by atoms with Gasteiger partial charge in [-0.1, -0.05) is 31.2 Å². The van der Waals surface area contributed by atoms with Crippen LogP contribution in [0.15, 0.2) is 42.6 Å². The quantitative estimate of drug-likeness (QED) is 0.859. The Labute approximate surface area is 142 Å². The number of nitrogens with one attached hydrogen (secondary N) is 2. The number of fused-ring (bicyclic) bond motifs is 3. The van der Waals surface area contributed by atoms with Crippen molar-refractivity contribution in [2.75, 3.05) is 18.4 Å². The zero-order valence-corrected chi connectivity index (χ0v) is 14.0. The molecule has 1 amide bonds. The van der Waals surface area contributed by atoms with Gasteiger partial charge in [0.1, 0.15) is 5.82 Å². The topological polar surface area (TPSA) is 54.0 Å². The maximum atomic E-state index is 11.9. The van der Waals surface area contributed by atoms with Crippen LogP contribution in [0.3, 0.4) is 0 Å². The second-order valence-corrected chi connectivity index (χ2v) is 6.83. The third-order valence-corrected chi connectivity index (χ3v) is 5.28. The Morgan fingerprint density at radius 1 is 1.25 bits per heavy atom. The van der Waals surface area contributed by atoms with Crippen LogP contribution in [0.2, 0.25) is 0 Å². The van der Waals surface area contributed by atoms with Gasteiger partial charge in [0.25, 0.3) is 5.91 Å². The smallest absolute Gasteiger partial charge is 0.252 e. The lowest BCUT2D eigenvalue weighted by Gasteiger charge is -2.10. The molecule has 0 aliphatic heterocycles. The number of nitrogens with zero attached hydrogens (tertiary/aromatic N) is 1. The number of carbonyl (C=O) groups is 1. The van der Waals surface area contributed by atoms with E-state index >= 15 is 0 Å². The molecule has 24 heavy (non-hydrogen) atoms. The molecule has 3 unspecified atom stereocenters. The van der Waals surface area contributed by atoms with Gasteiger partial charge in [0.05, 0.1) is 5.56 Å². The molecule has 2 aliphatic rings. The summed E-state index contributed by atoms with van der Waals surface area (Å²) in [5.41, 5.74) is 3.70. The van der Waals surface area contributed by atoms with Crippen LogP contribution < -0.4 is 10.6 Å². The van der Waals surface area contributed by atoms with E-state index in [2.05, 4.69) is 39.9 Å². The first-order valence-corrected chi connectivity index (χ1v) is 8.84. The lowest BCUT2D eigenvalue weighted by Crippen LogP contribution is -2.24. The predicted molar refractivity (Wildman–Crippen MR) is 95.2 cm³/mol. The number of hydrogen-bond acceptors (Lipinski definition) is 3. The van der Waals surface area contributed by atoms with Crippen molar-refractivity contribution in [3.05, 3.63) is 59.3 Å². The lowest BCUT2D eigenvalue weighted by molar-refractivity contribution is 0.0953. The minimum absolute atomic E-state index is 0.0516. The molecule has 4 heteroatoms. The summed E-state index contributed by atoms with van der Waals surface area (Å²) >= 11 is 0. The molecular formula is C20H23N3O. The number of benzene rings is 1. The van der Waals surface area contributed by atoms with Gasteiger partial charge in [0.15, 0.2) is 0 Å². The number of rotatable bonds is 6.